The number of hydrogen-bond donors (Lipinski definition) is 6. The van der Waals surface area contributed by atoms with E-state index in [-0.39, 0.29) is 25.2 Å². The van der Waals surface area contributed by atoms with Gasteiger partial charge in [0.15, 0.2) is 12.4 Å². The third-order valence-electron chi connectivity index (χ3n) is 9.63. The van der Waals surface area contributed by atoms with Crippen LogP contribution in [0.25, 0.3) is 0 Å². The summed E-state index contributed by atoms with van der Waals surface area (Å²) in [5.41, 5.74) is 0. The SMILES string of the molecule is CCCCC/C=C\C/C=C\C/C=C\C/C=C\CCCC(=O)OC[C@H](COP(=O)(O)OC[C@@H](O)CO)OC(=O)CCC/C=C\C[C@H]1[C@@H](O)CC(O)O[C@@H]1/C=C/[C@@H](O)CCCCC. The third kappa shape index (κ3) is 31.7. The van der Waals surface area contributed by atoms with E-state index in [1.807, 2.05) is 24.3 Å². The highest BCUT2D eigenvalue weighted by Crippen LogP contribution is 2.43. The van der Waals surface area contributed by atoms with Gasteiger partial charge >= 0.3 is 19.8 Å². The normalized spacial score (nSPS) is 21.3. The fourth-order valence-electron chi connectivity index (χ4n) is 6.08. The molecular weight excluding hydrogens is 807 g/mol. The number of unbranched alkanes of at least 4 members (excludes halogenated alkanes) is 7. The Balaban J connectivity index is 2.55. The average molecular weight is 885 g/mol. The topological polar surface area (TPSA) is 219 Å². The molecule has 0 amide bonds. The van der Waals surface area contributed by atoms with E-state index in [4.69, 9.17) is 23.8 Å². The number of aliphatic hydroxyl groups is 5. The maximum absolute atomic E-state index is 12.7. The summed E-state index contributed by atoms with van der Waals surface area (Å²) >= 11 is 0. The molecule has 2 unspecified atom stereocenters. The van der Waals surface area contributed by atoms with Crippen LogP contribution in [0, 0.1) is 5.92 Å². The number of ether oxygens (including phenoxy) is 3. The first-order valence-electron chi connectivity index (χ1n) is 22.3. The number of phosphoric acid groups is 1. The zero-order valence-corrected chi connectivity index (χ0v) is 37.5. The Morgan fingerprint density at radius 2 is 1.30 bits per heavy atom. The monoisotopic (exact) mass is 885 g/mol. The Hall–Kier alpha value is -2.75. The number of hydrogen-bond acceptors (Lipinski definition) is 13. The number of rotatable bonds is 36. The molecule has 0 bridgehead atoms. The molecule has 61 heavy (non-hydrogen) atoms. The first-order chi connectivity index (χ1) is 29.4. The molecule has 1 rings (SSSR count). The predicted octanol–water partition coefficient (Wildman–Crippen LogP) is 7.77. The Bertz CT molecular complexity index is 1360. The summed E-state index contributed by atoms with van der Waals surface area (Å²) in [4.78, 5) is 35.2. The van der Waals surface area contributed by atoms with Crippen LogP contribution in [-0.4, -0.2) is 106 Å². The van der Waals surface area contributed by atoms with Gasteiger partial charge in [-0.2, -0.15) is 0 Å². The van der Waals surface area contributed by atoms with Crippen LogP contribution in [0.15, 0.2) is 72.9 Å². The molecule has 0 aliphatic carbocycles. The Kier molecular flexibility index (Phi) is 33.9. The molecule has 1 heterocycles. The first kappa shape index (κ1) is 56.3. The van der Waals surface area contributed by atoms with Crippen LogP contribution in [-0.2, 0) is 37.4 Å². The fraction of sp³-hybridized carbons (Fsp3) is 0.696. The van der Waals surface area contributed by atoms with E-state index < -0.39 is 83.0 Å². The van der Waals surface area contributed by atoms with E-state index in [9.17, 15) is 39.5 Å². The number of carbonyl (C=O) groups is 2. The van der Waals surface area contributed by atoms with Gasteiger partial charge in [0.1, 0.15) is 12.7 Å². The number of esters is 2. The minimum Gasteiger partial charge on any atom is -0.462 e. The van der Waals surface area contributed by atoms with Crippen molar-refractivity contribution in [2.75, 3.05) is 26.4 Å². The Morgan fingerprint density at radius 3 is 1.92 bits per heavy atom. The lowest BCUT2D eigenvalue weighted by molar-refractivity contribution is -0.199. The van der Waals surface area contributed by atoms with Gasteiger partial charge in [-0.05, 0) is 70.6 Å². The van der Waals surface area contributed by atoms with E-state index in [0.29, 0.717) is 38.5 Å². The van der Waals surface area contributed by atoms with Crippen molar-refractivity contribution in [3.05, 3.63) is 72.9 Å². The van der Waals surface area contributed by atoms with Crippen LogP contribution < -0.4 is 0 Å². The molecule has 1 fully saturated rings. The summed E-state index contributed by atoms with van der Waals surface area (Å²) < 4.78 is 38.3. The molecule has 0 aromatic heterocycles. The summed E-state index contributed by atoms with van der Waals surface area (Å²) in [6, 6.07) is 0. The molecule has 0 spiro atoms. The van der Waals surface area contributed by atoms with Gasteiger partial charge in [0.25, 0.3) is 0 Å². The molecule has 14 nitrogen and oxygen atoms in total. The molecule has 8 atom stereocenters. The number of carbonyl (C=O) groups excluding carboxylic acids is 2. The Morgan fingerprint density at radius 1 is 0.738 bits per heavy atom. The largest absolute Gasteiger partial charge is 0.472 e. The molecule has 0 aromatic carbocycles. The lowest BCUT2D eigenvalue weighted by Gasteiger charge is -2.36. The maximum atomic E-state index is 12.7. The zero-order chi connectivity index (χ0) is 45.0. The summed E-state index contributed by atoms with van der Waals surface area (Å²) in [5.74, 6) is -1.54. The van der Waals surface area contributed by atoms with Crippen molar-refractivity contribution in [1.82, 2.24) is 0 Å². The van der Waals surface area contributed by atoms with Crippen LogP contribution in [0.4, 0.5) is 0 Å². The summed E-state index contributed by atoms with van der Waals surface area (Å²) in [5, 5.41) is 49.3. The molecule has 0 saturated carbocycles. The van der Waals surface area contributed by atoms with Crippen LogP contribution in [0.3, 0.4) is 0 Å². The van der Waals surface area contributed by atoms with E-state index in [2.05, 4.69) is 54.8 Å². The smallest absolute Gasteiger partial charge is 0.462 e. The summed E-state index contributed by atoms with van der Waals surface area (Å²) in [6.07, 6.45) is 32.0. The van der Waals surface area contributed by atoms with E-state index in [1.54, 1.807) is 12.2 Å². The number of allylic oxidation sites excluding steroid dienone is 10. The summed E-state index contributed by atoms with van der Waals surface area (Å²) in [6.45, 7) is 1.85. The van der Waals surface area contributed by atoms with E-state index in [0.717, 1.165) is 44.9 Å². The second-order valence-corrected chi connectivity index (χ2v) is 16.7. The van der Waals surface area contributed by atoms with Crippen molar-refractivity contribution in [2.45, 2.75) is 173 Å². The highest BCUT2D eigenvalue weighted by Gasteiger charge is 2.35. The van der Waals surface area contributed by atoms with Crippen molar-refractivity contribution in [3.63, 3.8) is 0 Å². The van der Waals surface area contributed by atoms with E-state index >= 15 is 0 Å². The average Bonchev–Trinajstić information content (AvgIpc) is 3.23. The minimum absolute atomic E-state index is 0.0253. The van der Waals surface area contributed by atoms with Gasteiger partial charge in [-0.25, -0.2) is 4.57 Å². The first-order valence-corrected chi connectivity index (χ1v) is 23.8. The second-order valence-electron chi connectivity index (χ2n) is 15.2. The molecule has 1 aliphatic rings. The highest BCUT2D eigenvalue weighted by atomic mass is 31.2. The zero-order valence-electron chi connectivity index (χ0n) is 36.6. The fourth-order valence-corrected chi connectivity index (χ4v) is 6.87. The lowest BCUT2D eigenvalue weighted by Crippen LogP contribution is -2.43. The van der Waals surface area contributed by atoms with Gasteiger partial charge in [0, 0.05) is 25.2 Å². The second kappa shape index (κ2) is 36.7. The van der Waals surface area contributed by atoms with Gasteiger partial charge in [-0.15, -0.1) is 0 Å². The molecular formula is C46H77O14P. The number of aliphatic hydroxyl groups excluding tert-OH is 5. The van der Waals surface area contributed by atoms with Crippen LogP contribution >= 0.6 is 7.82 Å². The maximum Gasteiger partial charge on any atom is 0.472 e. The van der Waals surface area contributed by atoms with Gasteiger partial charge in [0.2, 0.25) is 0 Å². The van der Waals surface area contributed by atoms with Crippen molar-refractivity contribution in [3.8, 4) is 0 Å². The quantitative estimate of drug-likeness (QED) is 0.0153. The molecule has 0 radical (unpaired) electrons. The predicted molar refractivity (Wildman–Crippen MR) is 236 cm³/mol. The molecule has 350 valence electrons. The van der Waals surface area contributed by atoms with Gasteiger partial charge in [-0.1, -0.05) is 119 Å². The molecule has 6 N–H and O–H groups in total. The van der Waals surface area contributed by atoms with Gasteiger partial charge < -0.3 is 44.6 Å². The molecule has 0 aromatic rings. The minimum atomic E-state index is -4.71. The number of phosphoric ester groups is 1. The van der Waals surface area contributed by atoms with Crippen molar-refractivity contribution < 1.29 is 67.8 Å². The van der Waals surface area contributed by atoms with Crippen molar-refractivity contribution in [1.29, 1.82) is 0 Å². The molecule has 1 aliphatic heterocycles. The summed E-state index contributed by atoms with van der Waals surface area (Å²) in [7, 11) is -4.71. The van der Waals surface area contributed by atoms with Crippen LogP contribution in [0.1, 0.15) is 136 Å². The molecule has 15 heteroatoms. The third-order valence-corrected chi connectivity index (χ3v) is 10.6. The highest BCUT2D eigenvalue weighted by molar-refractivity contribution is 7.47. The van der Waals surface area contributed by atoms with Gasteiger partial charge in [-0.3, -0.25) is 18.6 Å². The van der Waals surface area contributed by atoms with Crippen molar-refractivity contribution in [2.24, 2.45) is 5.92 Å². The van der Waals surface area contributed by atoms with Gasteiger partial charge in [0.05, 0.1) is 38.1 Å². The van der Waals surface area contributed by atoms with Crippen molar-refractivity contribution >= 4 is 19.8 Å². The Labute approximate surface area is 364 Å². The van der Waals surface area contributed by atoms with E-state index in [1.165, 1.54) is 19.3 Å². The van der Waals surface area contributed by atoms with Crippen LogP contribution in [0.2, 0.25) is 0 Å². The molecule has 1 saturated heterocycles. The standard InChI is InChI=1S/C46H77O14P/c1-3-5-7-8-9-10-11-12-13-14-15-16-17-18-19-20-25-29-44(51)56-36-40(37-58-61(54,55)57-35-39(49)34-47)59-45(52)30-26-22-21-24-28-41-42(50)33-46(53)60-43(41)32-31-38(48)27-23-6-4-2/h9-10,12-13,15-16,18-19,21,24,31-32,38-43,46-50,53H,3-8,11,14,17,20,22-23,25-30,33-37H2,1-2H3,(H,54,55)/b10-9-,13-12-,16-15-,19-18-,24-21-,32-31+/t38-,39-,40+,41-,42-,43+,46?/m0/s1. The van der Waals surface area contributed by atoms with Crippen LogP contribution in [0.5, 0.6) is 0 Å². The lowest BCUT2D eigenvalue weighted by atomic mass is 9.87.